The van der Waals surface area contributed by atoms with Crippen LogP contribution in [0.25, 0.3) is 0 Å². The van der Waals surface area contributed by atoms with Crippen LogP contribution in [0.1, 0.15) is 209 Å². The van der Waals surface area contributed by atoms with Gasteiger partial charge in [0.05, 0.1) is 44.2 Å². The van der Waals surface area contributed by atoms with Crippen LogP contribution in [0.5, 0.6) is 0 Å². The van der Waals surface area contributed by atoms with E-state index in [-0.39, 0.29) is 42.1 Å². The van der Waals surface area contributed by atoms with Crippen molar-refractivity contribution in [2.45, 2.75) is 319 Å². The molecule has 8 fully saturated rings. The number of ether oxygens (including phenoxy) is 9. The van der Waals surface area contributed by atoms with Gasteiger partial charge in [-0.05, 0) is 112 Å². The Balaban J connectivity index is 0.758. The van der Waals surface area contributed by atoms with Crippen molar-refractivity contribution >= 4 is 5.91 Å². The quantitative estimate of drug-likeness (QED) is 0.0290. The summed E-state index contributed by atoms with van der Waals surface area (Å²) in [6.45, 7) is 15.5. The predicted molar refractivity (Wildman–Crippen MR) is 309 cm³/mol. The van der Waals surface area contributed by atoms with Crippen LogP contribution in [0.4, 0.5) is 0 Å². The maximum atomic E-state index is 12.6. The van der Waals surface area contributed by atoms with Gasteiger partial charge in [-0.1, -0.05) is 136 Å². The lowest BCUT2D eigenvalue weighted by molar-refractivity contribution is -0.389. The van der Waals surface area contributed by atoms with Gasteiger partial charge >= 0.3 is 0 Å². The molecule has 3 saturated carbocycles. The molecule has 0 aromatic rings. The van der Waals surface area contributed by atoms with E-state index in [4.69, 9.17) is 42.6 Å². The fraction of sp³-hybridized carbons (Fsp3) is 0.954. The first kappa shape index (κ1) is 66.0. The van der Waals surface area contributed by atoms with Crippen molar-refractivity contribution < 1.29 is 83.2 Å². The summed E-state index contributed by atoms with van der Waals surface area (Å²) >= 11 is 0. The molecule has 1 spiro atoms. The summed E-state index contributed by atoms with van der Waals surface area (Å²) in [7, 11) is 0. The van der Waals surface area contributed by atoms with Crippen molar-refractivity contribution in [3.8, 4) is 0 Å². The maximum Gasteiger partial charge on any atom is 0.220 e. The van der Waals surface area contributed by atoms with Crippen molar-refractivity contribution in [1.29, 1.82) is 0 Å². The zero-order valence-electron chi connectivity index (χ0n) is 51.6. The minimum absolute atomic E-state index is 0.0335. The van der Waals surface area contributed by atoms with Gasteiger partial charge in [0.25, 0.3) is 0 Å². The van der Waals surface area contributed by atoms with Crippen LogP contribution in [0.2, 0.25) is 0 Å². The average molecular weight is 1180 g/mol. The van der Waals surface area contributed by atoms with E-state index in [9.17, 15) is 40.5 Å². The minimum Gasteiger partial charge on any atom is -0.394 e. The van der Waals surface area contributed by atoms with Gasteiger partial charge < -0.3 is 83.7 Å². The van der Waals surface area contributed by atoms with Crippen LogP contribution in [0.3, 0.4) is 0 Å². The topological polar surface area (TPSA) is 254 Å². The molecular weight excluding hydrogens is 1070 g/mol. The van der Waals surface area contributed by atoms with Crippen LogP contribution in [0, 0.1) is 46.3 Å². The van der Waals surface area contributed by atoms with Crippen LogP contribution in [0.15, 0.2) is 11.6 Å². The van der Waals surface area contributed by atoms with Gasteiger partial charge in [0.2, 0.25) is 5.91 Å². The van der Waals surface area contributed by atoms with E-state index in [1.54, 1.807) is 6.92 Å². The smallest absolute Gasteiger partial charge is 0.220 e. The Labute approximate surface area is 496 Å². The number of rotatable bonds is 27. The molecule has 9 rings (SSSR count). The van der Waals surface area contributed by atoms with Crippen molar-refractivity contribution in [1.82, 2.24) is 5.32 Å². The summed E-state index contributed by atoms with van der Waals surface area (Å²) in [4.78, 5) is 12.6. The standard InChI is InChI=1S/C65H111NO17/c1-8-9-10-11-12-13-14-15-16-17-18-19-20-21-22-23-49(68)66-32-33-75-57-41(5)78-61(55(73)53(57)71)81-58-48(36-67)80-62(59(56(58)74)82-60-54(72)52(70)51(69)40(4)77-60)79-43-27-29-63(6)42(34-43)24-25-44-45(63)28-30-64(7)46(44)35-47-50(64)39(3)65(83-47)31-26-38(2)37-76-65/h24,38-41,43-48,50-62,67,69-74H,8-23,25-37H2,1-7H3,(H,66,68)/t38-,39-,40+,41+,43-,44+,45-,46?,47-,48+,50-,51+,52-,53+,54-,55-,56-,57+,58+,59+,60+,61+,62+,63-,64-,65+/m0/s1. The summed E-state index contributed by atoms with van der Waals surface area (Å²) in [5.74, 6) is 2.50. The summed E-state index contributed by atoms with van der Waals surface area (Å²) in [5.41, 5.74) is 1.50. The molecule has 18 nitrogen and oxygen atoms in total. The van der Waals surface area contributed by atoms with E-state index in [0.717, 1.165) is 70.8 Å². The Morgan fingerprint density at radius 2 is 1.30 bits per heavy atom. The molecule has 9 aliphatic rings. The van der Waals surface area contributed by atoms with E-state index in [1.165, 1.54) is 89.5 Å². The van der Waals surface area contributed by atoms with E-state index >= 15 is 0 Å². The molecule has 1 unspecified atom stereocenters. The molecule has 0 radical (unpaired) electrons. The third-order valence-electron chi connectivity index (χ3n) is 22.4. The molecule has 5 saturated heterocycles. The number of allylic oxidation sites excluding steroid dienone is 1. The SMILES string of the molecule is CCCCCCCCCCCCCCCCCC(=O)NCCO[C@H]1[C@H](O)[C@H](O)[C@@H](O[C@H]2[C@H](O)[C@@H](O[C@H]3O[C@H](C)[C@@H](O)[C@H](O)[C@@H]3O)[C@H](O[C@H]3CC[C@@]4(C)C(=CC[C@H]5C6C[C@@H]7O[C@]8(CC[C@H](C)CO8)[C@@H](C)[C@@H]7[C@@]6(C)CC[C@@H]54)C3)O[C@@H]2CO)O[C@@H]1C. The molecule has 5 heterocycles. The molecule has 83 heavy (non-hydrogen) atoms. The van der Waals surface area contributed by atoms with Gasteiger partial charge in [-0.3, -0.25) is 4.79 Å². The van der Waals surface area contributed by atoms with Crippen LogP contribution >= 0.6 is 0 Å². The van der Waals surface area contributed by atoms with Gasteiger partial charge in [0.15, 0.2) is 24.7 Å². The second-order valence-electron chi connectivity index (χ2n) is 28.0. The minimum atomic E-state index is -1.72. The van der Waals surface area contributed by atoms with E-state index in [2.05, 4.69) is 46.0 Å². The Hall–Kier alpha value is -1.43. The number of aliphatic hydroxyl groups excluding tert-OH is 7. The van der Waals surface area contributed by atoms with Crippen LogP contribution in [-0.2, 0) is 47.4 Å². The number of nitrogens with one attached hydrogen (secondary N) is 1. The van der Waals surface area contributed by atoms with Gasteiger partial charge in [-0.25, -0.2) is 0 Å². The number of aliphatic hydroxyl groups is 7. The third-order valence-corrected chi connectivity index (χ3v) is 22.4. The van der Waals surface area contributed by atoms with Crippen molar-refractivity contribution in [3.63, 3.8) is 0 Å². The number of fused-ring (bicyclic) bond motifs is 7. The monoisotopic (exact) mass is 1180 g/mol. The van der Waals surface area contributed by atoms with E-state index in [1.807, 2.05) is 0 Å². The van der Waals surface area contributed by atoms with Gasteiger partial charge in [0, 0.05) is 25.3 Å². The Bertz CT molecular complexity index is 2040. The fourth-order valence-electron chi connectivity index (χ4n) is 17.3. The molecule has 0 aromatic heterocycles. The molecule has 0 aromatic carbocycles. The predicted octanol–water partition coefficient (Wildman–Crippen LogP) is 7.64. The Morgan fingerprint density at radius 3 is 1.95 bits per heavy atom. The number of carbonyl (C=O) groups excluding carboxylic acids is 1. The number of hydrogen-bond donors (Lipinski definition) is 8. The maximum absolute atomic E-state index is 12.6. The highest BCUT2D eigenvalue weighted by Crippen LogP contribution is 2.71. The molecule has 18 heteroatoms. The van der Waals surface area contributed by atoms with Gasteiger partial charge in [0.1, 0.15) is 61.0 Å². The molecule has 0 bridgehead atoms. The molecule has 26 atom stereocenters. The highest BCUT2D eigenvalue weighted by Gasteiger charge is 2.69. The number of unbranched alkanes of at least 4 members (excludes halogenated alkanes) is 14. The lowest BCUT2D eigenvalue weighted by Gasteiger charge is -2.58. The normalized spacial score (nSPS) is 46.0. The van der Waals surface area contributed by atoms with E-state index < -0.39 is 105 Å². The number of hydrogen-bond acceptors (Lipinski definition) is 17. The van der Waals surface area contributed by atoms with Gasteiger partial charge in [-0.15, -0.1) is 0 Å². The van der Waals surface area contributed by atoms with Crippen molar-refractivity contribution in [2.75, 3.05) is 26.4 Å². The second-order valence-corrected chi connectivity index (χ2v) is 28.0. The molecule has 5 aliphatic heterocycles. The zero-order valence-corrected chi connectivity index (χ0v) is 51.6. The van der Waals surface area contributed by atoms with Crippen LogP contribution < -0.4 is 5.32 Å². The largest absolute Gasteiger partial charge is 0.394 e. The lowest BCUT2D eigenvalue weighted by atomic mass is 9.47. The molecule has 478 valence electrons. The fourth-order valence-corrected chi connectivity index (χ4v) is 17.3. The summed E-state index contributed by atoms with van der Waals surface area (Å²) in [6, 6.07) is 0. The molecular formula is C65H111NO17. The molecule has 8 N–H and O–H groups in total. The number of carbonyl (C=O) groups is 1. The highest BCUT2D eigenvalue weighted by atomic mass is 16.8. The van der Waals surface area contributed by atoms with Crippen LogP contribution in [-0.4, -0.2) is 178 Å². The lowest BCUT2D eigenvalue weighted by Crippen LogP contribution is -2.66. The van der Waals surface area contributed by atoms with E-state index in [0.29, 0.717) is 54.8 Å². The summed E-state index contributed by atoms with van der Waals surface area (Å²) < 4.78 is 57.4. The average Bonchev–Trinajstić information content (AvgIpc) is 3.36. The first-order chi connectivity index (χ1) is 39.8. The Kier molecular flexibility index (Phi) is 23.4. The molecule has 4 aliphatic carbocycles. The van der Waals surface area contributed by atoms with Crippen molar-refractivity contribution in [2.24, 2.45) is 46.3 Å². The summed E-state index contributed by atoms with van der Waals surface area (Å²) in [6.07, 6.45) is 9.34. The third kappa shape index (κ3) is 14.6. The summed E-state index contributed by atoms with van der Waals surface area (Å²) in [5, 5.41) is 81.4. The zero-order chi connectivity index (χ0) is 59.2. The Morgan fingerprint density at radius 1 is 0.663 bits per heavy atom. The first-order valence-corrected chi connectivity index (χ1v) is 33.4. The first-order valence-electron chi connectivity index (χ1n) is 33.4. The van der Waals surface area contributed by atoms with Gasteiger partial charge in [-0.2, -0.15) is 0 Å². The highest BCUT2D eigenvalue weighted by molar-refractivity contribution is 5.75. The molecule has 1 amide bonds. The number of amides is 1. The second kappa shape index (κ2) is 29.5. The van der Waals surface area contributed by atoms with Crippen molar-refractivity contribution in [3.05, 3.63) is 11.6 Å².